The molecular formula is C19H31NO. The van der Waals surface area contributed by atoms with Crippen molar-refractivity contribution in [2.24, 2.45) is 39.7 Å². The van der Waals surface area contributed by atoms with Crippen LogP contribution in [-0.4, -0.2) is 6.04 Å². The summed E-state index contributed by atoms with van der Waals surface area (Å²) in [6.45, 7) is 5.02. The lowest BCUT2D eigenvalue weighted by Gasteiger charge is -2.60. The third-order valence-electron chi connectivity index (χ3n) is 8.66. The highest BCUT2D eigenvalue weighted by Gasteiger charge is 2.60. The van der Waals surface area contributed by atoms with E-state index in [0.29, 0.717) is 5.41 Å². The monoisotopic (exact) mass is 289 g/mol. The van der Waals surface area contributed by atoms with Crippen LogP contribution in [0.4, 0.5) is 0 Å². The SMILES string of the molecule is C[C@]12CCCCC1CCC1C2CC[C@@]2(C)C1CC[C@@H]2N=O. The van der Waals surface area contributed by atoms with Gasteiger partial charge in [-0.05, 0) is 85.9 Å². The topological polar surface area (TPSA) is 29.4 Å². The molecule has 4 aliphatic carbocycles. The van der Waals surface area contributed by atoms with Crippen LogP contribution in [-0.2, 0) is 0 Å². The predicted octanol–water partition coefficient (Wildman–Crippen LogP) is 5.55. The van der Waals surface area contributed by atoms with E-state index in [1.165, 1.54) is 57.8 Å². The van der Waals surface area contributed by atoms with Crippen molar-refractivity contribution < 1.29 is 0 Å². The fourth-order valence-electron chi connectivity index (χ4n) is 7.44. The van der Waals surface area contributed by atoms with Crippen molar-refractivity contribution in [1.29, 1.82) is 0 Å². The molecule has 4 aliphatic rings. The lowest BCUT2D eigenvalue weighted by atomic mass is 9.45. The molecule has 4 saturated carbocycles. The average molecular weight is 289 g/mol. The molecule has 0 amide bonds. The Labute approximate surface area is 129 Å². The van der Waals surface area contributed by atoms with E-state index in [1.54, 1.807) is 0 Å². The molecule has 0 aromatic carbocycles. The average Bonchev–Trinajstić information content (AvgIpc) is 2.83. The first-order chi connectivity index (χ1) is 10.1. The molecule has 21 heavy (non-hydrogen) atoms. The summed E-state index contributed by atoms with van der Waals surface area (Å²) in [5.41, 5.74) is 0.857. The third-order valence-corrected chi connectivity index (χ3v) is 8.66. The van der Waals surface area contributed by atoms with E-state index in [9.17, 15) is 4.91 Å². The zero-order chi connectivity index (χ0) is 14.7. The Morgan fingerprint density at radius 2 is 1.62 bits per heavy atom. The molecule has 4 rings (SSSR count). The maximum absolute atomic E-state index is 11.3. The Bertz CT molecular complexity index is 435. The minimum Gasteiger partial charge on any atom is -0.150 e. The van der Waals surface area contributed by atoms with Crippen molar-refractivity contribution in [2.45, 2.75) is 84.1 Å². The van der Waals surface area contributed by atoms with Crippen LogP contribution in [0.25, 0.3) is 0 Å². The highest BCUT2D eigenvalue weighted by Crippen LogP contribution is 2.66. The van der Waals surface area contributed by atoms with Gasteiger partial charge in [-0.25, -0.2) is 0 Å². The zero-order valence-electron chi connectivity index (χ0n) is 13.8. The van der Waals surface area contributed by atoms with E-state index >= 15 is 0 Å². The van der Waals surface area contributed by atoms with Crippen molar-refractivity contribution in [2.75, 3.05) is 0 Å². The quantitative estimate of drug-likeness (QED) is 0.581. The predicted molar refractivity (Wildman–Crippen MR) is 85.9 cm³/mol. The lowest BCUT2D eigenvalue weighted by molar-refractivity contribution is -0.105. The van der Waals surface area contributed by atoms with Crippen LogP contribution in [0.5, 0.6) is 0 Å². The van der Waals surface area contributed by atoms with Gasteiger partial charge in [-0.1, -0.05) is 31.9 Å². The van der Waals surface area contributed by atoms with Crippen LogP contribution in [0, 0.1) is 39.4 Å². The third kappa shape index (κ3) is 1.83. The standard InChI is InChI=1S/C19H31NO/c1-18-11-4-3-5-13(18)6-7-14-15-8-9-17(20-21)19(15,2)12-10-16(14)18/h13-17H,3-12H2,1-2H3/t13?,14?,15?,16?,17-,18-,19-/m0/s1. The second-order valence-corrected chi connectivity index (χ2v) is 9.15. The molecule has 4 fully saturated rings. The summed E-state index contributed by atoms with van der Waals surface area (Å²) in [7, 11) is 0. The number of fused-ring (bicyclic) bond motifs is 5. The highest BCUT2D eigenvalue weighted by atomic mass is 16.3. The molecule has 0 aromatic heterocycles. The molecule has 0 aromatic rings. The van der Waals surface area contributed by atoms with E-state index in [0.717, 1.165) is 30.1 Å². The fraction of sp³-hybridized carbons (Fsp3) is 1.00. The molecule has 7 atom stereocenters. The normalized spacial score (nSPS) is 56.2. The van der Waals surface area contributed by atoms with Gasteiger partial charge < -0.3 is 0 Å². The van der Waals surface area contributed by atoms with Gasteiger partial charge in [0.25, 0.3) is 0 Å². The van der Waals surface area contributed by atoms with Crippen LogP contribution in [0.3, 0.4) is 0 Å². The summed E-state index contributed by atoms with van der Waals surface area (Å²) in [6, 6.07) is 0.111. The second-order valence-electron chi connectivity index (χ2n) is 9.15. The minimum absolute atomic E-state index is 0.111. The zero-order valence-corrected chi connectivity index (χ0v) is 13.8. The van der Waals surface area contributed by atoms with Gasteiger partial charge in [-0.3, -0.25) is 0 Å². The maximum atomic E-state index is 11.3. The summed E-state index contributed by atoms with van der Waals surface area (Å²) in [5.74, 6) is 3.63. The number of nitrogens with zero attached hydrogens (tertiary/aromatic N) is 1. The van der Waals surface area contributed by atoms with E-state index < -0.39 is 0 Å². The Morgan fingerprint density at radius 3 is 2.43 bits per heavy atom. The van der Waals surface area contributed by atoms with Gasteiger partial charge in [0.2, 0.25) is 0 Å². The molecule has 0 radical (unpaired) electrons. The van der Waals surface area contributed by atoms with Gasteiger partial charge in [0.15, 0.2) is 0 Å². The van der Waals surface area contributed by atoms with Crippen molar-refractivity contribution >= 4 is 0 Å². The second kappa shape index (κ2) is 4.80. The first-order valence-corrected chi connectivity index (χ1v) is 9.42. The Kier molecular flexibility index (Phi) is 3.25. The summed E-state index contributed by atoms with van der Waals surface area (Å²) in [4.78, 5) is 11.3. The Morgan fingerprint density at radius 1 is 0.810 bits per heavy atom. The molecule has 0 heterocycles. The van der Waals surface area contributed by atoms with Crippen LogP contribution in [0.2, 0.25) is 0 Å². The molecule has 2 heteroatoms. The molecule has 118 valence electrons. The summed E-state index contributed by atoms with van der Waals surface area (Å²) in [6.07, 6.45) is 13.8. The summed E-state index contributed by atoms with van der Waals surface area (Å²) in [5, 5.41) is 3.53. The van der Waals surface area contributed by atoms with E-state index in [2.05, 4.69) is 19.0 Å². The van der Waals surface area contributed by atoms with Gasteiger partial charge in [-0.15, -0.1) is 0 Å². The molecule has 0 aliphatic heterocycles. The molecule has 0 bridgehead atoms. The van der Waals surface area contributed by atoms with Crippen molar-refractivity contribution in [3.63, 3.8) is 0 Å². The van der Waals surface area contributed by atoms with Crippen molar-refractivity contribution in [3.8, 4) is 0 Å². The largest absolute Gasteiger partial charge is 0.150 e. The Balaban J connectivity index is 1.64. The summed E-state index contributed by atoms with van der Waals surface area (Å²) >= 11 is 0. The number of hydrogen-bond donors (Lipinski definition) is 0. The molecule has 0 spiro atoms. The minimum atomic E-state index is 0.111. The molecule has 2 nitrogen and oxygen atoms in total. The van der Waals surface area contributed by atoms with Crippen LogP contribution in [0.1, 0.15) is 78.1 Å². The van der Waals surface area contributed by atoms with E-state index in [4.69, 9.17) is 0 Å². The van der Waals surface area contributed by atoms with E-state index in [1.807, 2.05) is 0 Å². The summed E-state index contributed by atoms with van der Waals surface area (Å²) < 4.78 is 0. The van der Waals surface area contributed by atoms with Gasteiger partial charge >= 0.3 is 0 Å². The number of rotatable bonds is 1. The van der Waals surface area contributed by atoms with Gasteiger partial charge in [0.1, 0.15) is 0 Å². The lowest BCUT2D eigenvalue weighted by Crippen LogP contribution is -2.53. The van der Waals surface area contributed by atoms with Gasteiger partial charge in [-0.2, -0.15) is 4.91 Å². The number of hydrogen-bond acceptors (Lipinski definition) is 2. The van der Waals surface area contributed by atoms with Crippen molar-refractivity contribution in [3.05, 3.63) is 4.91 Å². The first kappa shape index (κ1) is 14.2. The van der Waals surface area contributed by atoms with Gasteiger partial charge in [0, 0.05) is 0 Å². The molecule has 4 unspecified atom stereocenters. The molecular weight excluding hydrogens is 258 g/mol. The fourth-order valence-corrected chi connectivity index (χ4v) is 7.44. The Hall–Kier alpha value is -0.400. The smallest absolute Gasteiger partial charge is 0.0975 e. The highest BCUT2D eigenvalue weighted by molar-refractivity contribution is 5.10. The number of nitroso groups, excluding NO2 is 1. The van der Waals surface area contributed by atoms with Gasteiger partial charge in [0.05, 0.1) is 6.04 Å². The molecule has 0 N–H and O–H groups in total. The van der Waals surface area contributed by atoms with Crippen LogP contribution in [0.15, 0.2) is 5.18 Å². The van der Waals surface area contributed by atoms with E-state index in [-0.39, 0.29) is 11.5 Å². The van der Waals surface area contributed by atoms with Crippen molar-refractivity contribution in [1.82, 2.24) is 0 Å². The van der Waals surface area contributed by atoms with Crippen LogP contribution >= 0.6 is 0 Å². The first-order valence-electron chi connectivity index (χ1n) is 9.42. The molecule has 0 saturated heterocycles. The van der Waals surface area contributed by atoms with Crippen LogP contribution < -0.4 is 0 Å². The maximum Gasteiger partial charge on any atom is 0.0975 e.